The molecular weight excluding hydrogens is 379 g/mol. The summed E-state index contributed by atoms with van der Waals surface area (Å²) in [7, 11) is -3.83. The van der Waals surface area contributed by atoms with Crippen molar-refractivity contribution >= 4 is 21.6 Å². The van der Waals surface area contributed by atoms with Crippen LogP contribution in [0.25, 0.3) is 0 Å². The molecule has 0 aliphatic rings. The van der Waals surface area contributed by atoms with E-state index < -0.39 is 28.3 Å². The first-order valence-corrected chi connectivity index (χ1v) is 10.9. The van der Waals surface area contributed by atoms with Gasteiger partial charge in [-0.25, -0.2) is 12.8 Å². The molecule has 0 heterocycles. The zero-order valence-electron chi connectivity index (χ0n) is 16.9. The van der Waals surface area contributed by atoms with Crippen LogP contribution in [0.15, 0.2) is 48.5 Å². The Morgan fingerprint density at radius 3 is 2.18 bits per heavy atom. The van der Waals surface area contributed by atoms with Crippen LogP contribution in [0.5, 0.6) is 0 Å². The third kappa shape index (κ3) is 5.55. The third-order valence-corrected chi connectivity index (χ3v) is 5.59. The highest BCUT2D eigenvalue weighted by atomic mass is 32.2. The van der Waals surface area contributed by atoms with Gasteiger partial charge >= 0.3 is 0 Å². The number of rotatable bonds is 6. The molecule has 0 aromatic heterocycles. The first-order valence-electron chi connectivity index (χ1n) is 9.01. The van der Waals surface area contributed by atoms with E-state index in [4.69, 9.17) is 0 Å². The van der Waals surface area contributed by atoms with Crippen molar-refractivity contribution in [3.05, 3.63) is 65.5 Å². The number of sulfonamides is 1. The summed E-state index contributed by atoms with van der Waals surface area (Å²) < 4.78 is 39.0. The number of carbonyl (C=O) groups excluding carboxylic acids is 1. The predicted molar refractivity (Wildman–Crippen MR) is 110 cm³/mol. The minimum Gasteiger partial charge on any atom is -0.348 e. The van der Waals surface area contributed by atoms with Crippen LogP contribution < -0.4 is 9.62 Å². The number of nitrogens with one attached hydrogen (secondary N) is 1. The Morgan fingerprint density at radius 1 is 1.11 bits per heavy atom. The molecule has 152 valence electrons. The summed E-state index contributed by atoms with van der Waals surface area (Å²) in [6.45, 7) is 7.68. The van der Waals surface area contributed by atoms with E-state index in [1.165, 1.54) is 23.8 Å². The largest absolute Gasteiger partial charge is 0.348 e. The molecule has 1 atom stereocenters. The Balaban J connectivity index is 2.13. The lowest BCUT2D eigenvalue weighted by molar-refractivity contribution is -0.120. The van der Waals surface area contributed by atoms with Crippen molar-refractivity contribution in [2.45, 2.75) is 39.2 Å². The number of nitrogens with zero attached hydrogens (tertiary/aromatic N) is 1. The second-order valence-electron chi connectivity index (χ2n) is 7.88. The first kappa shape index (κ1) is 21.9. The van der Waals surface area contributed by atoms with Crippen molar-refractivity contribution in [2.75, 3.05) is 17.1 Å². The van der Waals surface area contributed by atoms with Crippen LogP contribution in [0.2, 0.25) is 0 Å². The molecular formula is C21H27FN2O3S. The van der Waals surface area contributed by atoms with Gasteiger partial charge in [0.25, 0.3) is 0 Å². The molecule has 7 heteroatoms. The van der Waals surface area contributed by atoms with Gasteiger partial charge in [-0.3, -0.25) is 9.10 Å². The fourth-order valence-electron chi connectivity index (χ4n) is 2.81. The number of amides is 1. The average molecular weight is 407 g/mol. The minimum atomic E-state index is -3.83. The molecule has 2 rings (SSSR count). The van der Waals surface area contributed by atoms with Gasteiger partial charge < -0.3 is 5.32 Å². The van der Waals surface area contributed by atoms with Crippen molar-refractivity contribution in [1.29, 1.82) is 0 Å². The van der Waals surface area contributed by atoms with Crippen molar-refractivity contribution in [3.8, 4) is 0 Å². The van der Waals surface area contributed by atoms with Gasteiger partial charge in [-0.05, 0) is 35.6 Å². The lowest BCUT2D eigenvalue weighted by Gasteiger charge is -2.24. The first-order chi connectivity index (χ1) is 12.9. The summed E-state index contributed by atoms with van der Waals surface area (Å²) >= 11 is 0. The lowest BCUT2D eigenvalue weighted by atomic mass is 9.86. The highest BCUT2D eigenvalue weighted by Crippen LogP contribution is 2.24. The van der Waals surface area contributed by atoms with E-state index in [1.807, 2.05) is 31.2 Å². The Morgan fingerprint density at radius 2 is 1.68 bits per heavy atom. The molecule has 0 aliphatic carbocycles. The van der Waals surface area contributed by atoms with Crippen LogP contribution in [-0.2, 0) is 20.2 Å². The number of carbonyl (C=O) groups is 1. The van der Waals surface area contributed by atoms with Gasteiger partial charge in [0, 0.05) is 0 Å². The fourth-order valence-corrected chi connectivity index (χ4v) is 3.66. The number of anilines is 1. The summed E-state index contributed by atoms with van der Waals surface area (Å²) in [5.41, 5.74) is 1.96. The second kappa shape index (κ2) is 8.31. The molecule has 1 unspecified atom stereocenters. The molecule has 1 amide bonds. The maximum atomic E-state index is 14.0. The van der Waals surface area contributed by atoms with Crippen LogP contribution in [0.4, 0.5) is 10.1 Å². The molecule has 0 saturated carbocycles. The van der Waals surface area contributed by atoms with Gasteiger partial charge in [0.1, 0.15) is 12.4 Å². The zero-order chi connectivity index (χ0) is 21.1. The van der Waals surface area contributed by atoms with Gasteiger partial charge in [-0.2, -0.15) is 0 Å². The van der Waals surface area contributed by atoms with Crippen LogP contribution >= 0.6 is 0 Å². The third-order valence-electron chi connectivity index (χ3n) is 4.46. The van der Waals surface area contributed by atoms with Crippen molar-refractivity contribution in [3.63, 3.8) is 0 Å². The molecule has 28 heavy (non-hydrogen) atoms. The fraction of sp³-hybridized carbons (Fsp3) is 0.381. The summed E-state index contributed by atoms with van der Waals surface area (Å²) in [4.78, 5) is 12.5. The van der Waals surface area contributed by atoms with Gasteiger partial charge in [0.05, 0.1) is 18.0 Å². The van der Waals surface area contributed by atoms with E-state index in [-0.39, 0.29) is 17.1 Å². The molecule has 1 N–H and O–H groups in total. The average Bonchev–Trinajstić information content (AvgIpc) is 2.59. The number of halogens is 1. The highest BCUT2D eigenvalue weighted by Gasteiger charge is 2.24. The Labute approximate surface area is 166 Å². The van der Waals surface area contributed by atoms with E-state index in [0.717, 1.165) is 22.2 Å². The highest BCUT2D eigenvalue weighted by molar-refractivity contribution is 7.92. The SMILES string of the molecule is CC(NC(=O)CN(c1ccccc1F)S(C)(=O)=O)c1ccc(C(C)(C)C)cc1. The lowest BCUT2D eigenvalue weighted by Crippen LogP contribution is -2.41. The molecule has 0 bridgehead atoms. The molecule has 0 aliphatic heterocycles. The topological polar surface area (TPSA) is 66.5 Å². The number of hydrogen-bond acceptors (Lipinski definition) is 3. The smallest absolute Gasteiger partial charge is 0.241 e. The second-order valence-corrected chi connectivity index (χ2v) is 9.79. The molecule has 0 radical (unpaired) electrons. The number of para-hydroxylation sites is 1. The van der Waals surface area contributed by atoms with E-state index in [0.29, 0.717) is 0 Å². The molecule has 2 aromatic rings. The summed E-state index contributed by atoms with van der Waals surface area (Å²) in [6, 6.07) is 13.1. The number of hydrogen-bond donors (Lipinski definition) is 1. The molecule has 5 nitrogen and oxygen atoms in total. The minimum absolute atomic E-state index is 0.0285. The maximum absolute atomic E-state index is 14.0. The van der Waals surface area contributed by atoms with Gasteiger partial charge in [-0.15, -0.1) is 0 Å². The van der Waals surface area contributed by atoms with Crippen molar-refractivity contribution < 1.29 is 17.6 Å². The summed E-state index contributed by atoms with van der Waals surface area (Å²) in [5, 5.41) is 2.78. The summed E-state index contributed by atoms with van der Waals surface area (Å²) in [6.07, 6.45) is 0.946. The van der Waals surface area contributed by atoms with Crippen LogP contribution in [0.3, 0.4) is 0 Å². The van der Waals surface area contributed by atoms with Crippen LogP contribution in [-0.4, -0.2) is 27.1 Å². The standard InChI is InChI=1S/C21H27FN2O3S/c1-15(16-10-12-17(13-11-16)21(2,3)4)23-20(25)14-24(28(5,26)27)19-9-7-6-8-18(19)22/h6-13,15H,14H2,1-5H3,(H,23,25). The monoisotopic (exact) mass is 406 g/mol. The van der Waals surface area contributed by atoms with Crippen LogP contribution in [0.1, 0.15) is 44.9 Å². The molecule has 0 saturated heterocycles. The van der Waals surface area contributed by atoms with Gasteiger partial charge in [0.2, 0.25) is 15.9 Å². The van der Waals surface area contributed by atoms with E-state index in [1.54, 1.807) is 0 Å². The normalized spacial score (nSPS) is 13.1. The van der Waals surface area contributed by atoms with Crippen molar-refractivity contribution in [2.24, 2.45) is 0 Å². The van der Waals surface area contributed by atoms with Gasteiger partial charge in [-0.1, -0.05) is 57.2 Å². The zero-order valence-corrected chi connectivity index (χ0v) is 17.7. The Hall–Kier alpha value is -2.41. The maximum Gasteiger partial charge on any atom is 0.241 e. The Kier molecular flexibility index (Phi) is 6.49. The van der Waals surface area contributed by atoms with Crippen LogP contribution in [0, 0.1) is 5.82 Å². The molecule has 2 aromatic carbocycles. The van der Waals surface area contributed by atoms with E-state index >= 15 is 0 Å². The van der Waals surface area contributed by atoms with Gasteiger partial charge in [0.15, 0.2) is 0 Å². The Bertz CT molecular complexity index is 935. The molecule has 0 spiro atoms. The molecule has 0 fully saturated rings. The van der Waals surface area contributed by atoms with E-state index in [9.17, 15) is 17.6 Å². The van der Waals surface area contributed by atoms with E-state index in [2.05, 4.69) is 26.1 Å². The number of benzene rings is 2. The predicted octanol–water partition coefficient (Wildman–Crippen LogP) is 3.77. The quantitative estimate of drug-likeness (QED) is 0.794. The van der Waals surface area contributed by atoms with Crippen molar-refractivity contribution in [1.82, 2.24) is 5.32 Å². The summed E-state index contributed by atoms with van der Waals surface area (Å²) in [5.74, 6) is -1.22.